The molecular weight excluding hydrogens is 332 g/mol. The predicted molar refractivity (Wildman–Crippen MR) is 100 cm³/mol. The number of hydrogen-bond donors (Lipinski definition) is 1. The summed E-state index contributed by atoms with van der Waals surface area (Å²) in [5.41, 5.74) is 1.83. The minimum atomic E-state index is -1.26. The largest absolute Gasteiger partial charge is 0.471 e. The third-order valence-electron chi connectivity index (χ3n) is 4.21. The normalized spacial score (nSPS) is 12.3. The van der Waals surface area contributed by atoms with E-state index in [0.717, 1.165) is 16.7 Å². The number of aryl methyl sites for hydroxylation is 2. The second-order valence-electron chi connectivity index (χ2n) is 6.89. The summed E-state index contributed by atoms with van der Waals surface area (Å²) in [7, 11) is 0. The summed E-state index contributed by atoms with van der Waals surface area (Å²) in [5.74, 6) is -0.278. The lowest BCUT2D eigenvalue weighted by molar-refractivity contribution is -0.386. The molecule has 26 heavy (non-hydrogen) atoms. The summed E-state index contributed by atoms with van der Waals surface area (Å²) >= 11 is 0. The van der Waals surface area contributed by atoms with Crippen LogP contribution in [-0.2, 0) is 4.79 Å². The second-order valence-corrected chi connectivity index (χ2v) is 6.89. The summed E-state index contributed by atoms with van der Waals surface area (Å²) in [6.45, 7) is 9.10. The molecule has 138 valence electrons. The number of hydrogen-bond acceptors (Lipinski definition) is 4. The van der Waals surface area contributed by atoms with Crippen molar-refractivity contribution in [3.05, 3.63) is 69.3 Å². The van der Waals surface area contributed by atoms with Crippen LogP contribution in [0, 0.1) is 24.0 Å². The Morgan fingerprint density at radius 1 is 1.19 bits per heavy atom. The van der Waals surface area contributed by atoms with E-state index in [2.05, 4.69) is 11.4 Å². The molecule has 0 radical (unpaired) electrons. The molecule has 0 heterocycles. The summed E-state index contributed by atoms with van der Waals surface area (Å²) in [6.07, 6.45) is 0. The van der Waals surface area contributed by atoms with Gasteiger partial charge in [-0.3, -0.25) is 14.9 Å². The Morgan fingerprint density at radius 3 is 2.46 bits per heavy atom. The maximum atomic E-state index is 12.7. The second kappa shape index (κ2) is 7.56. The van der Waals surface area contributed by atoms with Crippen LogP contribution in [0.3, 0.4) is 0 Å². The molecule has 0 spiro atoms. The SMILES string of the molecule is Cc1ccc(C(C)NC(=O)C(C)(C)Oc2ccccc2[N+](=O)[O-])c(C)c1. The van der Waals surface area contributed by atoms with Gasteiger partial charge in [0, 0.05) is 6.07 Å². The Labute approximate surface area is 153 Å². The number of nitro benzene ring substituents is 1. The molecule has 2 aromatic rings. The molecule has 6 heteroatoms. The van der Waals surface area contributed by atoms with Crippen molar-refractivity contribution in [1.82, 2.24) is 5.32 Å². The lowest BCUT2D eigenvalue weighted by Crippen LogP contribution is -2.47. The van der Waals surface area contributed by atoms with E-state index in [4.69, 9.17) is 4.74 Å². The van der Waals surface area contributed by atoms with Gasteiger partial charge in [0.1, 0.15) is 0 Å². The number of para-hydroxylation sites is 2. The van der Waals surface area contributed by atoms with Gasteiger partial charge in [0.2, 0.25) is 0 Å². The van der Waals surface area contributed by atoms with Crippen LogP contribution in [0.5, 0.6) is 5.75 Å². The first-order chi connectivity index (χ1) is 12.1. The van der Waals surface area contributed by atoms with E-state index in [-0.39, 0.29) is 23.4 Å². The number of carbonyl (C=O) groups is 1. The topological polar surface area (TPSA) is 81.5 Å². The summed E-state index contributed by atoms with van der Waals surface area (Å²) < 4.78 is 5.69. The van der Waals surface area contributed by atoms with Crippen LogP contribution in [0.25, 0.3) is 0 Å². The van der Waals surface area contributed by atoms with Gasteiger partial charge in [0.25, 0.3) is 5.91 Å². The first-order valence-electron chi connectivity index (χ1n) is 8.42. The van der Waals surface area contributed by atoms with Crippen molar-refractivity contribution in [3.8, 4) is 5.75 Å². The molecule has 2 rings (SSSR count). The molecule has 1 unspecified atom stereocenters. The Balaban J connectivity index is 2.16. The fourth-order valence-electron chi connectivity index (χ4n) is 2.78. The van der Waals surface area contributed by atoms with Gasteiger partial charge in [-0.1, -0.05) is 35.9 Å². The minimum Gasteiger partial charge on any atom is -0.471 e. The van der Waals surface area contributed by atoms with Gasteiger partial charge in [-0.25, -0.2) is 0 Å². The highest BCUT2D eigenvalue weighted by molar-refractivity contribution is 5.85. The highest BCUT2D eigenvalue weighted by Crippen LogP contribution is 2.30. The highest BCUT2D eigenvalue weighted by atomic mass is 16.6. The van der Waals surface area contributed by atoms with Gasteiger partial charge in [-0.05, 0) is 51.8 Å². The molecule has 0 saturated carbocycles. The van der Waals surface area contributed by atoms with Crippen molar-refractivity contribution >= 4 is 11.6 Å². The number of rotatable bonds is 6. The number of nitrogens with one attached hydrogen (secondary N) is 1. The molecular formula is C20H24N2O4. The van der Waals surface area contributed by atoms with E-state index in [1.165, 1.54) is 12.1 Å². The first-order valence-corrected chi connectivity index (χ1v) is 8.42. The van der Waals surface area contributed by atoms with Crippen molar-refractivity contribution in [2.45, 2.75) is 46.3 Å². The quantitative estimate of drug-likeness (QED) is 0.620. The fraction of sp³-hybridized carbons (Fsp3) is 0.350. The van der Waals surface area contributed by atoms with E-state index in [1.54, 1.807) is 26.0 Å². The molecule has 0 bridgehead atoms. The van der Waals surface area contributed by atoms with Crippen LogP contribution in [0.2, 0.25) is 0 Å². The number of nitro groups is 1. The van der Waals surface area contributed by atoms with Crippen molar-refractivity contribution in [3.63, 3.8) is 0 Å². The van der Waals surface area contributed by atoms with Crippen LogP contribution in [0.15, 0.2) is 42.5 Å². The van der Waals surface area contributed by atoms with E-state index in [0.29, 0.717) is 0 Å². The van der Waals surface area contributed by atoms with Gasteiger partial charge >= 0.3 is 5.69 Å². The zero-order chi connectivity index (χ0) is 19.5. The minimum absolute atomic E-state index is 0.0665. The van der Waals surface area contributed by atoms with Crippen molar-refractivity contribution in [1.29, 1.82) is 0 Å². The van der Waals surface area contributed by atoms with Crippen LogP contribution in [0.4, 0.5) is 5.69 Å². The average molecular weight is 356 g/mol. The lowest BCUT2D eigenvalue weighted by atomic mass is 9.99. The summed E-state index contributed by atoms with van der Waals surface area (Å²) in [5, 5.41) is 14.1. The van der Waals surface area contributed by atoms with Crippen LogP contribution in [0.1, 0.15) is 43.5 Å². The van der Waals surface area contributed by atoms with Crippen LogP contribution < -0.4 is 10.1 Å². The zero-order valence-electron chi connectivity index (χ0n) is 15.7. The smallest absolute Gasteiger partial charge is 0.310 e. The van der Waals surface area contributed by atoms with E-state index >= 15 is 0 Å². The molecule has 0 aliphatic carbocycles. The maximum Gasteiger partial charge on any atom is 0.310 e. The molecule has 0 fully saturated rings. The predicted octanol–water partition coefficient (Wildman–Crippen LogP) is 4.25. The van der Waals surface area contributed by atoms with Crippen LogP contribution >= 0.6 is 0 Å². The number of benzene rings is 2. The van der Waals surface area contributed by atoms with Gasteiger partial charge in [0.15, 0.2) is 11.4 Å². The third-order valence-corrected chi connectivity index (χ3v) is 4.21. The molecule has 0 aromatic heterocycles. The molecule has 0 aliphatic heterocycles. The van der Waals surface area contributed by atoms with E-state index < -0.39 is 10.5 Å². The number of carbonyl (C=O) groups excluding carboxylic acids is 1. The van der Waals surface area contributed by atoms with E-state index in [9.17, 15) is 14.9 Å². The molecule has 1 N–H and O–H groups in total. The molecule has 6 nitrogen and oxygen atoms in total. The molecule has 2 aromatic carbocycles. The highest BCUT2D eigenvalue weighted by Gasteiger charge is 2.33. The fourth-order valence-corrected chi connectivity index (χ4v) is 2.78. The van der Waals surface area contributed by atoms with Gasteiger partial charge in [0.05, 0.1) is 11.0 Å². The third kappa shape index (κ3) is 4.39. The first kappa shape index (κ1) is 19.4. The number of ether oxygens (including phenoxy) is 1. The lowest BCUT2D eigenvalue weighted by Gasteiger charge is -2.27. The molecule has 0 aliphatic rings. The summed E-state index contributed by atoms with van der Waals surface area (Å²) in [4.78, 5) is 23.3. The van der Waals surface area contributed by atoms with Gasteiger partial charge < -0.3 is 10.1 Å². The molecule has 1 amide bonds. The number of amides is 1. The standard InChI is InChI=1S/C20H24N2O4/c1-13-10-11-16(14(2)12-13)15(3)21-19(23)20(4,5)26-18-9-7-6-8-17(18)22(24)25/h6-12,15H,1-5H3,(H,21,23). The monoisotopic (exact) mass is 356 g/mol. The molecule has 1 atom stereocenters. The van der Waals surface area contributed by atoms with E-state index in [1.807, 2.05) is 32.9 Å². The Hall–Kier alpha value is -2.89. The van der Waals surface area contributed by atoms with Crippen molar-refractivity contribution < 1.29 is 14.5 Å². The van der Waals surface area contributed by atoms with Crippen molar-refractivity contribution in [2.75, 3.05) is 0 Å². The Morgan fingerprint density at radius 2 is 1.85 bits per heavy atom. The summed E-state index contributed by atoms with van der Waals surface area (Å²) in [6, 6.07) is 11.9. The average Bonchev–Trinajstić information content (AvgIpc) is 2.54. The molecule has 0 saturated heterocycles. The van der Waals surface area contributed by atoms with Gasteiger partial charge in [-0.2, -0.15) is 0 Å². The maximum absolute atomic E-state index is 12.7. The Kier molecular flexibility index (Phi) is 5.65. The van der Waals surface area contributed by atoms with Crippen LogP contribution in [-0.4, -0.2) is 16.4 Å². The zero-order valence-corrected chi connectivity index (χ0v) is 15.7. The number of nitrogens with zero attached hydrogens (tertiary/aromatic N) is 1. The van der Waals surface area contributed by atoms with Crippen molar-refractivity contribution in [2.24, 2.45) is 0 Å². The van der Waals surface area contributed by atoms with Gasteiger partial charge in [-0.15, -0.1) is 0 Å². The Bertz CT molecular complexity index is 830.